The summed E-state index contributed by atoms with van der Waals surface area (Å²) in [6, 6.07) is 6.02. The smallest absolute Gasteiger partial charge is 0.324 e. The molecule has 2 aliphatic rings. The van der Waals surface area contributed by atoms with Gasteiger partial charge in [0, 0.05) is 24.2 Å². The fourth-order valence-corrected chi connectivity index (χ4v) is 3.36. The highest BCUT2D eigenvalue weighted by Gasteiger charge is 2.28. The van der Waals surface area contributed by atoms with Gasteiger partial charge in [-0.05, 0) is 42.5 Å². The van der Waals surface area contributed by atoms with Crippen molar-refractivity contribution in [3.8, 4) is 0 Å². The number of hydrogen-bond acceptors (Lipinski definition) is 3. The van der Waals surface area contributed by atoms with E-state index >= 15 is 0 Å². The van der Waals surface area contributed by atoms with Gasteiger partial charge in [0.15, 0.2) is 0 Å². The van der Waals surface area contributed by atoms with E-state index in [1.165, 1.54) is 22.4 Å². The summed E-state index contributed by atoms with van der Waals surface area (Å²) in [4.78, 5) is 24.3. The predicted octanol–water partition coefficient (Wildman–Crippen LogP) is 2.25. The highest BCUT2D eigenvalue weighted by molar-refractivity contribution is 6.30. The number of carbonyl (C=O) groups excluding carboxylic acids is 2. The number of halogens is 1. The Bertz CT molecular complexity index is 575. The molecule has 2 N–H and O–H groups in total. The van der Waals surface area contributed by atoms with Crippen LogP contribution >= 0.6 is 11.6 Å². The summed E-state index contributed by atoms with van der Waals surface area (Å²) in [5.74, 6) is -0.156. The Morgan fingerprint density at radius 1 is 1.32 bits per heavy atom. The van der Waals surface area contributed by atoms with E-state index in [4.69, 9.17) is 11.6 Å². The number of nitrogens with zero attached hydrogens (tertiary/aromatic N) is 1. The highest BCUT2D eigenvalue weighted by atomic mass is 35.5. The first-order chi connectivity index (χ1) is 10.6. The van der Waals surface area contributed by atoms with Crippen molar-refractivity contribution < 1.29 is 9.59 Å². The molecule has 1 unspecified atom stereocenters. The third kappa shape index (κ3) is 3.25. The molecular weight excluding hydrogens is 302 g/mol. The van der Waals surface area contributed by atoms with Crippen molar-refractivity contribution in [1.29, 1.82) is 0 Å². The summed E-state index contributed by atoms with van der Waals surface area (Å²) in [5.41, 5.74) is 2.59. The molecule has 3 amide bonds. The lowest BCUT2D eigenvalue weighted by molar-refractivity contribution is -0.124. The van der Waals surface area contributed by atoms with Gasteiger partial charge in [-0.2, -0.15) is 0 Å². The van der Waals surface area contributed by atoms with Gasteiger partial charge >= 0.3 is 6.03 Å². The molecule has 1 aliphatic carbocycles. The number of aryl methyl sites for hydroxylation is 1. The number of imide groups is 1. The van der Waals surface area contributed by atoms with Gasteiger partial charge in [-0.25, -0.2) is 4.79 Å². The van der Waals surface area contributed by atoms with Crippen LogP contribution in [-0.4, -0.2) is 36.5 Å². The summed E-state index contributed by atoms with van der Waals surface area (Å²) in [6.07, 6.45) is 4.47. The second kappa shape index (κ2) is 6.67. The zero-order valence-electron chi connectivity index (χ0n) is 12.4. The third-order valence-electron chi connectivity index (χ3n) is 4.34. The van der Waals surface area contributed by atoms with Crippen LogP contribution in [0.3, 0.4) is 0 Å². The lowest BCUT2D eigenvalue weighted by Gasteiger charge is -2.21. The summed E-state index contributed by atoms with van der Waals surface area (Å²) < 4.78 is 0. The summed E-state index contributed by atoms with van der Waals surface area (Å²) in [5, 5.41) is 6.77. The molecule has 0 saturated carbocycles. The fraction of sp³-hybridized carbons (Fsp3) is 0.500. The summed E-state index contributed by atoms with van der Waals surface area (Å²) in [7, 11) is 0. The first-order valence-electron chi connectivity index (χ1n) is 7.75. The SMILES string of the molecule is O=C1CNC(=O)N1CCNC1CCCCc2ccc(Cl)cc21. The van der Waals surface area contributed by atoms with E-state index in [-0.39, 0.29) is 24.5 Å². The van der Waals surface area contributed by atoms with Crippen LogP contribution in [0.4, 0.5) is 4.79 Å². The van der Waals surface area contributed by atoms with E-state index in [1.54, 1.807) is 0 Å². The molecular formula is C16H20ClN3O2. The van der Waals surface area contributed by atoms with Crippen molar-refractivity contribution >= 4 is 23.5 Å². The number of amides is 3. The van der Waals surface area contributed by atoms with Crippen LogP contribution in [0.25, 0.3) is 0 Å². The monoisotopic (exact) mass is 321 g/mol. The molecule has 22 heavy (non-hydrogen) atoms. The summed E-state index contributed by atoms with van der Waals surface area (Å²) in [6.45, 7) is 1.10. The number of rotatable bonds is 4. The average Bonchev–Trinajstić information content (AvgIpc) is 2.72. The Labute approximate surface area is 135 Å². The molecule has 1 aromatic carbocycles. The van der Waals surface area contributed by atoms with Crippen molar-refractivity contribution in [3.05, 3.63) is 34.3 Å². The number of fused-ring (bicyclic) bond motifs is 1. The number of benzene rings is 1. The first-order valence-corrected chi connectivity index (χ1v) is 8.13. The molecule has 1 atom stereocenters. The van der Waals surface area contributed by atoms with Gasteiger partial charge < -0.3 is 10.6 Å². The lowest BCUT2D eigenvalue weighted by Crippen LogP contribution is -2.38. The minimum atomic E-state index is -0.295. The van der Waals surface area contributed by atoms with Crippen molar-refractivity contribution in [2.75, 3.05) is 19.6 Å². The molecule has 0 bridgehead atoms. The number of urea groups is 1. The Morgan fingerprint density at radius 3 is 2.95 bits per heavy atom. The first kappa shape index (κ1) is 15.3. The normalized spacial score (nSPS) is 21.5. The standard InChI is InChI=1S/C16H20ClN3O2/c17-12-6-5-11-3-1-2-4-14(13(11)9-12)18-7-8-20-15(21)10-19-16(20)22/h5-6,9,14,18H,1-4,7-8,10H2,(H,19,22). The largest absolute Gasteiger partial charge is 0.329 e. The molecule has 0 spiro atoms. The zero-order chi connectivity index (χ0) is 15.5. The molecule has 3 rings (SSSR count). The maximum Gasteiger partial charge on any atom is 0.324 e. The van der Waals surface area contributed by atoms with E-state index in [0.717, 1.165) is 24.3 Å². The topological polar surface area (TPSA) is 61.4 Å². The van der Waals surface area contributed by atoms with Crippen molar-refractivity contribution in [2.24, 2.45) is 0 Å². The molecule has 5 nitrogen and oxygen atoms in total. The van der Waals surface area contributed by atoms with Gasteiger partial charge in [0.2, 0.25) is 5.91 Å². The quantitative estimate of drug-likeness (QED) is 0.660. The minimum absolute atomic E-state index is 0.112. The van der Waals surface area contributed by atoms with E-state index in [0.29, 0.717) is 13.1 Å². The second-order valence-corrected chi connectivity index (χ2v) is 6.24. The average molecular weight is 322 g/mol. The van der Waals surface area contributed by atoms with Crippen LogP contribution in [0.2, 0.25) is 5.02 Å². The number of nitrogens with one attached hydrogen (secondary N) is 2. The molecule has 118 valence electrons. The fourth-order valence-electron chi connectivity index (χ4n) is 3.18. The summed E-state index contributed by atoms with van der Waals surface area (Å²) >= 11 is 6.14. The maximum atomic E-state index is 11.6. The van der Waals surface area contributed by atoms with E-state index in [9.17, 15) is 9.59 Å². The highest BCUT2D eigenvalue weighted by Crippen LogP contribution is 2.30. The molecule has 1 aromatic rings. The molecule has 1 fully saturated rings. The number of carbonyl (C=O) groups is 2. The predicted molar refractivity (Wildman–Crippen MR) is 84.9 cm³/mol. The Hall–Kier alpha value is -1.59. The number of hydrogen-bond donors (Lipinski definition) is 2. The second-order valence-electron chi connectivity index (χ2n) is 5.80. The van der Waals surface area contributed by atoms with E-state index < -0.39 is 0 Å². The van der Waals surface area contributed by atoms with Crippen LogP contribution in [-0.2, 0) is 11.2 Å². The van der Waals surface area contributed by atoms with Gasteiger partial charge in [-0.3, -0.25) is 9.69 Å². The van der Waals surface area contributed by atoms with Crippen molar-refractivity contribution in [1.82, 2.24) is 15.5 Å². The van der Waals surface area contributed by atoms with Crippen molar-refractivity contribution in [2.45, 2.75) is 31.7 Å². The van der Waals surface area contributed by atoms with E-state index in [1.807, 2.05) is 12.1 Å². The Balaban J connectivity index is 1.64. The van der Waals surface area contributed by atoms with Crippen LogP contribution < -0.4 is 10.6 Å². The minimum Gasteiger partial charge on any atom is -0.329 e. The third-order valence-corrected chi connectivity index (χ3v) is 4.57. The van der Waals surface area contributed by atoms with Crippen LogP contribution in [0.1, 0.15) is 36.4 Å². The van der Waals surface area contributed by atoms with Crippen LogP contribution in [0.15, 0.2) is 18.2 Å². The Morgan fingerprint density at radius 2 is 2.18 bits per heavy atom. The maximum absolute atomic E-state index is 11.6. The van der Waals surface area contributed by atoms with Gasteiger partial charge in [0.25, 0.3) is 0 Å². The van der Waals surface area contributed by atoms with Gasteiger partial charge in [0.1, 0.15) is 0 Å². The zero-order valence-corrected chi connectivity index (χ0v) is 13.2. The van der Waals surface area contributed by atoms with Crippen molar-refractivity contribution in [3.63, 3.8) is 0 Å². The van der Waals surface area contributed by atoms with Gasteiger partial charge in [-0.15, -0.1) is 0 Å². The molecule has 1 heterocycles. The molecule has 0 aromatic heterocycles. The van der Waals surface area contributed by atoms with Crippen LogP contribution in [0, 0.1) is 0 Å². The van der Waals surface area contributed by atoms with Gasteiger partial charge in [-0.1, -0.05) is 24.1 Å². The van der Waals surface area contributed by atoms with Gasteiger partial charge in [0.05, 0.1) is 6.54 Å². The Kier molecular flexibility index (Phi) is 4.64. The molecule has 0 radical (unpaired) electrons. The lowest BCUT2D eigenvalue weighted by atomic mass is 9.99. The molecule has 1 saturated heterocycles. The van der Waals surface area contributed by atoms with E-state index in [2.05, 4.69) is 16.7 Å². The molecule has 1 aliphatic heterocycles. The molecule has 6 heteroatoms. The van der Waals surface area contributed by atoms with Crippen LogP contribution in [0.5, 0.6) is 0 Å².